The molecule has 0 fully saturated rings. The molecule has 0 unspecified atom stereocenters. The highest BCUT2D eigenvalue weighted by Crippen LogP contribution is 2.43. The Morgan fingerprint density at radius 3 is 0.820 bits per heavy atom. The molecule has 0 N–H and O–H groups in total. The summed E-state index contributed by atoms with van der Waals surface area (Å²) < 4.78 is 21.8. The molecule has 0 aliphatic carbocycles. The Hall–Kier alpha value is -4.72. The summed E-state index contributed by atoms with van der Waals surface area (Å²) in [6.07, 6.45) is 0. The third-order valence-electron chi connectivity index (χ3n) is 7.59. The van der Waals surface area contributed by atoms with Crippen LogP contribution in [0.3, 0.4) is 0 Å². The van der Waals surface area contributed by atoms with Crippen LogP contribution >= 0.6 is 46.4 Å². The van der Waals surface area contributed by atoms with E-state index in [1.54, 1.807) is 28.4 Å². The summed E-state index contributed by atoms with van der Waals surface area (Å²) >= 11 is 24.2. The van der Waals surface area contributed by atoms with E-state index >= 15 is 0 Å². The van der Waals surface area contributed by atoms with Gasteiger partial charge >= 0.3 is 0 Å². The highest BCUT2D eigenvalue weighted by molar-refractivity contribution is 6.31. The Morgan fingerprint density at radius 1 is 0.340 bits per heavy atom. The van der Waals surface area contributed by atoms with Crippen molar-refractivity contribution in [1.29, 1.82) is 0 Å². The van der Waals surface area contributed by atoms with Gasteiger partial charge in [-0.2, -0.15) is 0 Å². The average Bonchev–Trinajstić information content (AvgIpc) is 3.15. The van der Waals surface area contributed by atoms with Crippen LogP contribution in [-0.2, 0) is 0 Å². The van der Waals surface area contributed by atoms with Gasteiger partial charge in [-0.05, 0) is 121 Å². The van der Waals surface area contributed by atoms with E-state index in [2.05, 4.69) is 9.80 Å². The van der Waals surface area contributed by atoms with Crippen molar-refractivity contribution >= 4 is 80.5 Å². The lowest BCUT2D eigenvalue weighted by Gasteiger charge is -2.27. The molecular weight excluding hydrogens is 714 g/mol. The largest absolute Gasteiger partial charge is 0.497 e. The van der Waals surface area contributed by atoms with Crippen molar-refractivity contribution in [3.63, 3.8) is 0 Å². The van der Waals surface area contributed by atoms with Crippen LogP contribution < -0.4 is 28.7 Å². The molecule has 0 saturated heterocycles. The lowest BCUT2D eigenvalue weighted by atomic mass is 10.1. The Kier molecular flexibility index (Phi) is 12.6. The molecule has 10 heteroatoms. The van der Waals surface area contributed by atoms with Gasteiger partial charge in [0.15, 0.2) is 0 Å². The lowest BCUT2D eigenvalue weighted by Crippen LogP contribution is -2.11. The number of rotatable bonds is 10. The molecule has 6 rings (SSSR count). The van der Waals surface area contributed by atoms with Crippen molar-refractivity contribution in [2.24, 2.45) is 0 Å². The molecule has 0 spiro atoms. The van der Waals surface area contributed by atoms with E-state index in [9.17, 15) is 0 Å². The first kappa shape index (κ1) is 36.6. The van der Waals surface area contributed by atoms with Crippen molar-refractivity contribution in [3.05, 3.63) is 154 Å². The minimum atomic E-state index is 0.682. The molecule has 0 heterocycles. The minimum absolute atomic E-state index is 0.682. The number of hydrogen-bond acceptors (Lipinski definition) is 6. The quantitative estimate of drug-likeness (QED) is 0.139. The third kappa shape index (κ3) is 8.89. The van der Waals surface area contributed by atoms with Gasteiger partial charge in [-0.15, -0.1) is 0 Å². The molecular formula is C40H34Cl4N2O4. The first-order chi connectivity index (χ1) is 24.2. The lowest BCUT2D eigenvalue weighted by molar-refractivity contribution is 0.395. The van der Waals surface area contributed by atoms with E-state index in [1.165, 1.54) is 0 Å². The summed E-state index contributed by atoms with van der Waals surface area (Å²) in [5.41, 5.74) is 5.58. The fourth-order valence-electron chi connectivity index (χ4n) is 5.15. The van der Waals surface area contributed by atoms with E-state index in [1.807, 2.05) is 133 Å². The number of ether oxygens (including phenoxy) is 4. The fourth-order valence-corrected chi connectivity index (χ4v) is 5.66. The Balaban J connectivity index is 0.000000194. The van der Waals surface area contributed by atoms with Crippen LogP contribution in [0.1, 0.15) is 0 Å². The van der Waals surface area contributed by atoms with Gasteiger partial charge in [-0.25, -0.2) is 0 Å². The number of halogens is 4. The Labute approximate surface area is 312 Å². The number of methoxy groups -OCH3 is 4. The van der Waals surface area contributed by atoms with Crippen molar-refractivity contribution < 1.29 is 18.9 Å². The summed E-state index contributed by atoms with van der Waals surface area (Å²) in [7, 11) is 6.54. The first-order valence-electron chi connectivity index (χ1n) is 15.3. The van der Waals surface area contributed by atoms with Crippen molar-refractivity contribution in [2.75, 3.05) is 38.2 Å². The minimum Gasteiger partial charge on any atom is -0.497 e. The Bertz CT molecular complexity index is 1750. The van der Waals surface area contributed by atoms with Crippen LogP contribution in [0, 0.1) is 0 Å². The zero-order chi connectivity index (χ0) is 35.6. The second-order valence-electron chi connectivity index (χ2n) is 10.7. The van der Waals surface area contributed by atoms with Crippen LogP contribution in [0.25, 0.3) is 0 Å². The van der Waals surface area contributed by atoms with Crippen LogP contribution in [-0.4, -0.2) is 28.4 Å². The monoisotopic (exact) mass is 746 g/mol. The second kappa shape index (κ2) is 17.3. The van der Waals surface area contributed by atoms with Gasteiger partial charge in [0.2, 0.25) is 0 Å². The fraction of sp³-hybridized carbons (Fsp3) is 0.100. The smallest absolute Gasteiger partial charge is 0.146 e. The molecule has 6 nitrogen and oxygen atoms in total. The SMILES string of the molecule is COc1ccc(N(c2ccc(Cl)cc2)c2ccc(Cl)cc2)c(OC)c1.COc1ccc(N(c2ccc(Cl)cc2)c2ccc(Cl)cc2)c(OC)c1. The van der Waals surface area contributed by atoms with Gasteiger partial charge < -0.3 is 28.7 Å². The predicted molar refractivity (Wildman–Crippen MR) is 208 cm³/mol. The van der Waals surface area contributed by atoms with Gasteiger partial charge in [-0.3, -0.25) is 0 Å². The first-order valence-corrected chi connectivity index (χ1v) is 16.8. The topological polar surface area (TPSA) is 43.4 Å². The standard InChI is InChI=1S/2C20H17Cl2NO2/c2*1-24-18-11-12-19(20(13-18)25-2)23(16-7-3-14(21)4-8-16)17-9-5-15(22)6-10-17/h2*3-13H,1-2H3. The van der Waals surface area contributed by atoms with Crippen molar-refractivity contribution in [1.82, 2.24) is 0 Å². The van der Waals surface area contributed by atoms with Gasteiger partial charge in [0, 0.05) is 55.0 Å². The van der Waals surface area contributed by atoms with E-state index in [4.69, 9.17) is 65.4 Å². The summed E-state index contributed by atoms with van der Waals surface area (Å²) in [5.74, 6) is 2.86. The molecule has 0 aromatic heterocycles. The molecule has 6 aromatic carbocycles. The van der Waals surface area contributed by atoms with E-state index in [0.29, 0.717) is 31.6 Å². The molecule has 0 aliphatic heterocycles. The van der Waals surface area contributed by atoms with Crippen LogP contribution in [0.2, 0.25) is 20.1 Å². The zero-order valence-electron chi connectivity index (χ0n) is 27.7. The van der Waals surface area contributed by atoms with Crippen LogP contribution in [0.15, 0.2) is 133 Å². The summed E-state index contributed by atoms with van der Waals surface area (Å²) in [5, 5.41) is 2.73. The average molecular weight is 749 g/mol. The van der Waals surface area contributed by atoms with Crippen LogP contribution in [0.4, 0.5) is 34.1 Å². The number of anilines is 6. The summed E-state index contributed by atoms with van der Waals surface area (Å²) in [6, 6.07) is 42.0. The molecule has 0 bridgehead atoms. The van der Waals surface area contributed by atoms with Gasteiger partial charge in [0.1, 0.15) is 23.0 Å². The van der Waals surface area contributed by atoms with Gasteiger partial charge in [0.05, 0.1) is 39.8 Å². The molecule has 6 aromatic rings. The van der Waals surface area contributed by atoms with Gasteiger partial charge in [0.25, 0.3) is 0 Å². The summed E-state index contributed by atoms with van der Waals surface area (Å²) in [6.45, 7) is 0. The molecule has 256 valence electrons. The molecule has 0 amide bonds. The second-order valence-corrected chi connectivity index (χ2v) is 12.4. The van der Waals surface area contributed by atoms with E-state index in [-0.39, 0.29) is 0 Å². The number of hydrogen-bond donors (Lipinski definition) is 0. The van der Waals surface area contributed by atoms with Crippen molar-refractivity contribution in [2.45, 2.75) is 0 Å². The van der Waals surface area contributed by atoms with E-state index in [0.717, 1.165) is 45.6 Å². The maximum atomic E-state index is 6.05. The highest BCUT2D eigenvalue weighted by Gasteiger charge is 2.19. The molecule has 0 aliphatic rings. The maximum absolute atomic E-state index is 6.05. The zero-order valence-corrected chi connectivity index (χ0v) is 30.8. The predicted octanol–water partition coefficient (Wildman–Crippen LogP) is 13.0. The Morgan fingerprint density at radius 2 is 0.600 bits per heavy atom. The van der Waals surface area contributed by atoms with Gasteiger partial charge in [-0.1, -0.05) is 46.4 Å². The van der Waals surface area contributed by atoms with Crippen molar-refractivity contribution in [3.8, 4) is 23.0 Å². The molecule has 0 atom stereocenters. The number of nitrogens with zero attached hydrogens (tertiary/aromatic N) is 2. The van der Waals surface area contributed by atoms with E-state index < -0.39 is 0 Å². The number of benzene rings is 6. The molecule has 0 saturated carbocycles. The van der Waals surface area contributed by atoms with Crippen LogP contribution in [0.5, 0.6) is 23.0 Å². The highest BCUT2D eigenvalue weighted by atomic mass is 35.5. The summed E-state index contributed by atoms with van der Waals surface area (Å²) in [4.78, 5) is 4.15. The maximum Gasteiger partial charge on any atom is 0.146 e. The molecule has 50 heavy (non-hydrogen) atoms. The normalized spacial score (nSPS) is 10.4. The third-order valence-corrected chi connectivity index (χ3v) is 8.60. The molecule has 0 radical (unpaired) electrons.